The minimum atomic E-state index is 0.0522. The van der Waals surface area contributed by atoms with Gasteiger partial charge in [0.25, 0.3) is 0 Å². The van der Waals surface area contributed by atoms with Crippen LogP contribution in [0, 0.1) is 0 Å². The predicted molar refractivity (Wildman–Crippen MR) is 107 cm³/mol. The zero-order valence-corrected chi connectivity index (χ0v) is 15.2. The highest BCUT2D eigenvalue weighted by Crippen LogP contribution is 2.33. The summed E-state index contributed by atoms with van der Waals surface area (Å²) in [5.74, 6) is 0.740. The fourth-order valence-electron chi connectivity index (χ4n) is 3.69. The molecule has 0 bridgehead atoms. The van der Waals surface area contributed by atoms with Gasteiger partial charge in [-0.1, -0.05) is 25.7 Å². The lowest BCUT2D eigenvalue weighted by Crippen LogP contribution is -2.32. The Balaban J connectivity index is 1.73. The molecule has 0 radical (unpaired) electrons. The molecule has 0 atom stereocenters. The molecular weight excluding hydrogens is 340 g/mol. The van der Waals surface area contributed by atoms with Crippen molar-refractivity contribution in [3.63, 3.8) is 0 Å². The van der Waals surface area contributed by atoms with E-state index in [0.717, 1.165) is 35.2 Å². The number of aromatic amines is 1. The van der Waals surface area contributed by atoms with Crippen molar-refractivity contribution in [1.82, 2.24) is 20.2 Å². The maximum atomic E-state index is 5.48. The minimum absolute atomic E-state index is 0.0522. The van der Waals surface area contributed by atoms with E-state index in [1.54, 1.807) is 6.20 Å². The highest BCUT2D eigenvalue weighted by Gasteiger charge is 2.24. The summed E-state index contributed by atoms with van der Waals surface area (Å²) in [6.07, 6.45) is 10.8. The Morgan fingerprint density at radius 2 is 1.78 bits per heavy atom. The molecule has 2 heterocycles. The number of hydrogen-bond donors (Lipinski definition) is 3. The summed E-state index contributed by atoms with van der Waals surface area (Å²) < 4.78 is 0. The van der Waals surface area contributed by atoms with E-state index in [2.05, 4.69) is 25.1 Å². The third kappa shape index (κ3) is 3.84. The third-order valence-corrected chi connectivity index (χ3v) is 4.97. The van der Waals surface area contributed by atoms with Crippen LogP contribution >= 0.6 is 0 Å². The predicted octanol–water partition coefficient (Wildman–Crippen LogP) is 3.12. The van der Waals surface area contributed by atoms with Gasteiger partial charge in [0.1, 0.15) is 0 Å². The zero-order valence-electron chi connectivity index (χ0n) is 15.2. The van der Waals surface area contributed by atoms with Crippen LogP contribution in [0.2, 0.25) is 0 Å². The van der Waals surface area contributed by atoms with Crippen molar-refractivity contribution in [1.29, 1.82) is 0 Å². The lowest BCUT2D eigenvalue weighted by Gasteiger charge is -2.31. The molecule has 8 nitrogen and oxygen atoms in total. The molecule has 0 spiro atoms. The number of nitrogens with one attached hydrogen (secondary N) is 1. The minimum Gasteiger partial charge on any atom is -0.370 e. The Hall–Kier alpha value is -3.16. The Labute approximate surface area is 157 Å². The van der Waals surface area contributed by atoms with E-state index < -0.39 is 0 Å². The number of aliphatic imine (C=N–C) groups is 1. The Morgan fingerprint density at radius 1 is 1.04 bits per heavy atom. The van der Waals surface area contributed by atoms with E-state index in [9.17, 15) is 0 Å². The summed E-state index contributed by atoms with van der Waals surface area (Å²) in [5.41, 5.74) is 13.5. The van der Waals surface area contributed by atoms with Crippen LogP contribution in [0.15, 0.2) is 41.7 Å². The number of H-pyrrole nitrogens is 1. The van der Waals surface area contributed by atoms with Crippen LogP contribution in [-0.4, -0.2) is 32.2 Å². The molecule has 27 heavy (non-hydrogen) atoms. The molecule has 3 aromatic rings. The Morgan fingerprint density at radius 3 is 2.48 bits per heavy atom. The second-order valence-corrected chi connectivity index (χ2v) is 6.91. The fourth-order valence-corrected chi connectivity index (χ4v) is 3.69. The van der Waals surface area contributed by atoms with E-state index in [0.29, 0.717) is 12.0 Å². The van der Waals surface area contributed by atoms with Gasteiger partial charge < -0.3 is 16.4 Å². The average Bonchev–Trinajstić information content (AvgIpc) is 2.97. The molecule has 140 valence electrons. The van der Waals surface area contributed by atoms with Gasteiger partial charge in [0.05, 0.1) is 17.3 Å². The van der Waals surface area contributed by atoms with E-state index in [-0.39, 0.29) is 5.96 Å². The third-order valence-electron chi connectivity index (χ3n) is 4.97. The molecule has 1 aliphatic rings. The maximum Gasteiger partial charge on any atom is 0.232 e. The largest absolute Gasteiger partial charge is 0.370 e. The van der Waals surface area contributed by atoms with Crippen LogP contribution in [-0.2, 0) is 0 Å². The number of nitrogens with two attached hydrogens (primary N) is 2. The van der Waals surface area contributed by atoms with E-state index in [1.807, 2.05) is 30.5 Å². The van der Waals surface area contributed by atoms with Crippen LogP contribution in [0.4, 0.5) is 17.3 Å². The normalized spacial score (nSPS) is 15.4. The van der Waals surface area contributed by atoms with Gasteiger partial charge in [0, 0.05) is 17.9 Å². The van der Waals surface area contributed by atoms with Crippen LogP contribution in [0.25, 0.3) is 11.0 Å². The van der Waals surface area contributed by atoms with Gasteiger partial charge in [-0.3, -0.25) is 5.10 Å². The first-order valence-corrected chi connectivity index (χ1v) is 9.36. The van der Waals surface area contributed by atoms with Gasteiger partial charge in [0.15, 0.2) is 11.6 Å². The Bertz CT molecular complexity index is 918. The molecule has 0 saturated heterocycles. The van der Waals surface area contributed by atoms with Crippen LogP contribution in [0.3, 0.4) is 0 Å². The average molecular weight is 364 g/mol. The van der Waals surface area contributed by atoms with Gasteiger partial charge in [-0.2, -0.15) is 10.1 Å². The smallest absolute Gasteiger partial charge is 0.232 e. The van der Waals surface area contributed by atoms with E-state index in [4.69, 9.17) is 16.5 Å². The first-order chi connectivity index (χ1) is 13.2. The summed E-state index contributed by atoms with van der Waals surface area (Å²) in [4.78, 5) is 15.7. The molecular formula is C19H24N8. The van der Waals surface area contributed by atoms with Gasteiger partial charge in [-0.15, -0.1) is 0 Å². The molecule has 5 N–H and O–H groups in total. The van der Waals surface area contributed by atoms with Crippen molar-refractivity contribution in [2.24, 2.45) is 16.5 Å². The number of nitrogens with zero attached hydrogens (tertiary/aromatic N) is 5. The standard InChI is InChI=1S/C19H24N8/c20-18(21)24-14-7-9-16(10-8-14)27(15-5-3-1-2-4-6-15)19-22-11-13-12-23-26-17(13)25-19/h7-12,15H,1-6H2,(H4,20,21,24)(H,22,23,25,26). The number of guanidine groups is 1. The number of rotatable bonds is 4. The van der Waals surface area contributed by atoms with Crippen LogP contribution in [0.1, 0.15) is 38.5 Å². The number of anilines is 2. The van der Waals surface area contributed by atoms with Crippen LogP contribution < -0.4 is 16.4 Å². The molecule has 1 aromatic carbocycles. The Kier molecular flexibility index (Phi) is 4.86. The maximum absolute atomic E-state index is 5.48. The highest BCUT2D eigenvalue weighted by atomic mass is 15.3. The van der Waals surface area contributed by atoms with Crippen molar-refractivity contribution in [2.75, 3.05) is 4.90 Å². The second kappa shape index (κ2) is 7.61. The molecule has 1 saturated carbocycles. The summed E-state index contributed by atoms with van der Waals surface area (Å²) in [6, 6.07) is 8.23. The zero-order chi connectivity index (χ0) is 18.6. The highest BCUT2D eigenvalue weighted by molar-refractivity contribution is 5.79. The van der Waals surface area contributed by atoms with Gasteiger partial charge in [-0.25, -0.2) is 9.98 Å². The van der Waals surface area contributed by atoms with Crippen molar-refractivity contribution < 1.29 is 0 Å². The number of fused-ring (bicyclic) bond motifs is 1. The van der Waals surface area contributed by atoms with Crippen molar-refractivity contribution in [2.45, 2.75) is 44.6 Å². The lowest BCUT2D eigenvalue weighted by molar-refractivity contribution is 0.562. The summed E-state index contributed by atoms with van der Waals surface area (Å²) in [7, 11) is 0. The second-order valence-electron chi connectivity index (χ2n) is 6.91. The van der Waals surface area contributed by atoms with E-state index in [1.165, 1.54) is 25.7 Å². The molecule has 1 aliphatic carbocycles. The molecule has 8 heteroatoms. The lowest BCUT2D eigenvalue weighted by atomic mass is 10.1. The van der Waals surface area contributed by atoms with Crippen LogP contribution in [0.5, 0.6) is 0 Å². The summed E-state index contributed by atoms with van der Waals surface area (Å²) in [5, 5.41) is 7.90. The number of aromatic nitrogens is 4. The van der Waals surface area contributed by atoms with Gasteiger partial charge in [0.2, 0.25) is 5.95 Å². The molecule has 0 aliphatic heterocycles. The van der Waals surface area contributed by atoms with Gasteiger partial charge >= 0.3 is 0 Å². The molecule has 2 aromatic heterocycles. The van der Waals surface area contributed by atoms with E-state index >= 15 is 0 Å². The number of hydrogen-bond acceptors (Lipinski definition) is 5. The van der Waals surface area contributed by atoms with Crippen molar-refractivity contribution in [3.8, 4) is 0 Å². The SMILES string of the molecule is NC(N)=Nc1ccc(N(c2ncc3cn[nH]c3n2)C2CCCCCC2)cc1. The quantitative estimate of drug-likeness (QED) is 0.371. The first kappa shape index (κ1) is 17.3. The number of benzene rings is 1. The topological polar surface area (TPSA) is 122 Å². The fraction of sp³-hybridized carbons (Fsp3) is 0.368. The molecule has 1 fully saturated rings. The summed E-state index contributed by atoms with van der Waals surface area (Å²) >= 11 is 0. The molecule has 4 rings (SSSR count). The monoisotopic (exact) mass is 364 g/mol. The summed E-state index contributed by atoms with van der Waals surface area (Å²) in [6.45, 7) is 0. The van der Waals surface area contributed by atoms with Crippen molar-refractivity contribution in [3.05, 3.63) is 36.7 Å². The first-order valence-electron chi connectivity index (χ1n) is 9.36. The molecule has 0 unspecified atom stereocenters. The molecule has 0 amide bonds. The van der Waals surface area contributed by atoms with Gasteiger partial charge in [-0.05, 0) is 37.1 Å². The van der Waals surface area contributed by atoms with Crippen molar-refractivity contribution >= 4 is 34.3 Å².